The molecule has 0 aromatic carbocycles. The molecule has 0 unspecified atom stereocenters. The van der Waals surface area contributed by atoms with E-state index in [2.05, 4.69) is 22.0 Å². The normalized spacial score (nSPS) is 30.9. The van der Waals surface area contributed by atoms with Crippen molar-refractivity contribution < 1.29 is 9.26 Å². The molecule has 0 radical (unpaired) electrons. The number of aromatic nitrogens is 2. The lowest BCUT2D eigenvalue weighted by Gasteiger charge is -2.30. The fourth-order valence-corrected chi connectivity index (χ4v) is 3.69. The highest BCUT2D eigenvalue weighted by Gasteiger charge is 2.30. The third-order valence-corrected chi connectivity index (χ3v) is 4.95. The van der Waals surface area contributed by atoms with Crippen LogP contribution in [-0.4, -0.2) is 40.8 Å². The van der Waals surface area contributed by atoms with Crippen molar-refractivity contribution in [2.24, 2.45) is 5.92 Å². The van der Waals surface area contributed by atoms with Gasteiger partial charge in [-0.2, -0.15) is 4.98 Å². The molecule has 0 spiro atoms. The average molecular weight is 293 g/mol. The minimum Gasteiger partial charge on any atom is -0.377 e. The van der Waals surface area contributed by atoms with E-state index in [-0.39, 0.29) is 0 Å². The Morgan fingerprint density at radius 3 is 2.86 bits per heavy atom. The molecule has 1 aromatic rings. The molecule has 21 heavy (non-hydrogen) atoms. The Balaban J connectivity index is 1.48. The lowest BCUT2D eigenvalue weighted by Crippen LogP contribution is -2.32. The van der Waals surface area contributed by atoms with Crippen LogP contribution in [0, 0.1) is 12.8 Å². The van der Waals surface area contributed by atoms with Gasteiger partial charge in [-0.1, -0.05) is 24.9 Å². The molecule has 2 fully saturated rings. The molecule has 1 aliphatic carbocycles. The molecule has 1 aromatic heterocycles. The molecular weight excluding hydrogens is 266 g/mol. The number of hydrogen-bond donors (Lipinski definition) is 0. The third kappa shape index (κ3) is 3.64. The monoisotopic (exact) mass is 293 g/mol. The number of rotatable bonds is 5. The van der Waals surface area contributed by atoms with E-state index in [9.17, 15) is 0 Å². The maximum atomic E-state index is 6.14. The fourth-order valence-electron chi connectivity index (χ4n) is 3.69. The predicted octanol–water partition coefficient (Wildman–Crippen LogP) is 3.11. The predicted molar refractivity (Wildman–Crippen MR) is 80.0 cm³/mol. The first-order valence-corrected chi connectivity index (χ1v) is 8.40. The summed E-state index contributed by atoms with van der Waals surface area (Å²) in [6, 6.07) is 0.315. The zero-order valence-electron chi connectivity index (χ0n) is 13.3. The van der Waals surface area contributed by atoms with Crippen LogP contribution in [0.4, 0.5) is 0 Å². The lowest BCUT2D eigenvalue weighted by molar-refractivity contribution is -0.0153. The Morgan fingerprint density at radius 1 is 1.24 bits per heavy atom. The number of likely N-dealkylation sites (tertiary alicyclic amines) is 1. The second-order valence-electron chi connectivity index (χ2n) is 6.54. The van der Waals surface area contributed by atoms with E-state index in [0.717, 1.165) is 31.9 Å². The third-order valence-electron chi connectivity index (χ3n) is 4.95. The van der Waals surface area contributed by atoms with Crippen molar-refractivity contribution in [3.8, 4) is 0 Å². The molecule has 118 valence electrons. The van der Waals surface area contributed by atoms with E-state index < -0.39 is 0 Å². The van der Waals surface area contributed by atoms with Gasteiger partial charge in [-0.25, -0.2) is 0 Å². The number of ether oxygens (including phenoxy) is 1. The van der Waals surface area contributed by atoms with E-state index in [1.165, 1.54) is 32.1 Å². The van der Waals surface area contributed by atoms with Crippen LogP contribution in [-0.2, 0) is 4.74 Å². The van der Waals surface area contributed by atoms with Crippen molar-refractivity contribution in [2.75, 3.05) is 19.7 Å². The van der Waals surface area contributed by atoms with Gasteiger partial charge < -0.3 is 9.26 Å². The maximum absolute atomic E-state index is 6.14. The van der Waals surface area contributed by atoms with E-state index in [1.54, 1.807) is 0 Å². The van der Waals surface area contributed by atoms with Crippen LogP contribution in [0.25, 0.3) is 0 Å². The molecule has 5 heteroatoms. The molecule has 1 saturated heterocycles. The van der Waals surface area contributed by atoms with E-state index in [4.69, 9.17) is 9.26 Å². The second kappa shape index (κ2) is 6.88. The minimum absolute atomic E-state index is 0.315. The van der Waals surface area contributed by atoms with Crippen LogP contribution in [0.5, 0.6) is 0 Å². The summed E-state index contributed by atoms with van der Waals surface area (Å²) in [5, 5.41) is 4.09. The number of nitrogens with zero attached hydrogens (tertiary/aromatic N) is 3. The SMILES string of the molecule is Cc1nc([C@@H]2CCCN2CCO[C@@H]2CCCC[C@@H]2C)no1. The summed E-state index contributed by atoms with van der Waals surface area (Å²) in [6.07, 6.45) is 8.04. The summed E-state index contributed by atoms with van der Waals surface area (Å²) in [5.74, 6) is 2.22. The highest BCUT2D eigenvalue weighted by molar-refractivity contribution is 4.97. The van der Waals surface area contributed by atoms with Gasteiger partial charge in [0.05, 0.1) is 18.8 Å². The first kappa shape index (κ1) is 15.0. The van der Waals surface area contributed by atoms with Gasteiger partial charge in [-0.05, 0) is 38.1 Å². The summed E-state index contributed by atoms with van der Waals surface area (Å²) in [4.78, 5) is 6.83. The van der Waals surface area contributed by atoms with Crippen molar-refractivity contribution in [2.45, 2.75) is 64.5 Å². The Labute approximate surface area is 127 Å². The Kier molecular flexibility index (Phi) is 4.91. The van der Waals surface area contributed by atoms with Gasteiger partial charge in [0.15, 0.2) is 5.82 Å². The summed E-state index contributed by atoms with van der Waals surface area (Å²) in [6.45, 7) is 7.08. The molecule has 0 bridgehead atoms. The van der Waals surface area contributed by atoms with Crippen LogP contribution >= 0.6 is 0 Å². The lowest BCUT2D eigenvalue weighted by atomic mass is 9.88. The molecular formula is C16H27N3O2. The highest BCUT2D eigenvalue weighted by Crippen LogP contribution is 2.30. The van der Waals surface area contributed by atoms with Gasteiger partial charge in [0, 0.05) is 13.5 Å². The molecule has 1 aliphatic heterocycles. The smallest absolute Gasteiger partial charge is 0.223 e. The van der Waals surface area contributed by atoms with Crippen LogP contribution < -0.4 is 0 Å². The van der Waals surface area contributed by atoms with Crippen molar-refractivity contribution >= 4 is 0 Å². The van der Waals surface area contributed by atoms with Crippen LogP contribution in [0.3, 0.4) is 0 Å². The quantitative estimate of drug-likeness (QED) is 0.835. The van der Waals surface area contributed by atoms with Crippen LogP contribution in [0.2, 0.25) is 0 Å². The molecule has 0 amide bonds. The highest BCUT2D eigenvalue weighted by atomic mass is 16.5. The standard InChI is InChI=1S/C16H27N3O2/c1-12-6-3-4-8-15(12)20-11-10-19-9-5-7-14(19)16-17-13(2)21-18-16/h12,14-15H,3-11H2,1-2H3/t12-,14-,15+/m0/s1. The fraction of sp³-hybridized carbons (Fsp3) is 0.875. The Morgan fingerprint density at radius 2 is 2.10 bits per heavy atom. The Hall–Kier alpha value is -0.940. The van der Waals surface area contributed by atoms with Gasteiger partial charge in [0.2, 0.25) is 5.89 Å². The largest absolute Gasteiger partial charge is 0.377 e. The molecule has 1 saturated carbocycles. The minimum atomic E-state index is 0.315. The molecule has 2 heterocycles. The van der Waals surface area contributed by atoms with Gasteiger partial charge >= 0.3 is 0 Å². The van der Waals surface area contributed by atoms with Gasteiger partial charge in [0.1, 0.15) is 0 Å². The molecule has 0 N–H and O–H groups in total. The van der Waals surface area contributed by atoms with E-state index in [0.29, 0.717) is 24.0 Å². The second-order valence-corrected chi connectivity index (χ2v) is 6.54. The van der Waals surface area contributed by atoms with E-state index >= 15 is 0 Å². The zero-order chi connectivity index (χ0) is 14.7. The maximum Gasteiger partial charge on any atom is 0.223 e. The average Bonchev–Trinajstić information content (AvgIpc) is 3.09. The Bertz CT molecular complexity index is 448. The van der Waals surface area contributed by atoms with Crippen LogP contribution in [0.15, 0.2) is 4.52 Å². The van der Waals surface area contributed by atoms with Crippen molar-refractivity contribution in [3.63, 3.8) is 0 Å². The van der Waals surface area contributed by atoms with Gasteiger partial charge in [-0.15, -0.1) is 0 Å². The van der Waals surface area contributed by atoms with Gasteiger partial charge in [-0.3, -0.25) is 4.90 Å². The number of aryl methyl sites for hydroxylation is 1. The zero-order valence-corrected chi connectivity index (χ0v) is 13.3. The molecule has 3 atom stereocenters. The summed E-state index contributed by atoms with van der Waals surface area (Å²) in [5.41, 5.74) is 0. The molecule has 5 nitrogen and oxygen atoms in total. The van der Waals surface area contributed by atoms with Crippen molar-refractivity contribution in [1.29, 1.82) is 0 Å². The number of hydrogen-bond acceptors (Lipinski definition) is 5. The van der Waals surface area contributed by atoms with Crippen molar-refractivity contribution in [1.82, 2.24) is 15.0 Å². The molecule has 2 aliphatic rings. The van der Waals surface area contributed by atoms with Gasteiger partial charge in [0.25, 0.3) is 0 Å². The summed E-state index contributed by atoms with van der Waals surface area (Å²) in [7, 11) is 0. The van der Waals surface area contributed by atoms with Crippen molar-refractivity contribution in [3.05, 3.63) is 11.7 Å². The summed E-state index contributed by atoms with van der Waals surface area (Å²) < 4.78 is 11.3. The first-order chi connectivity index (χ1) is 10.2. The topological polar surface area (TPSA) is 51.4 Å². The molecule has 3 rings (SSSR count). The summed E-state index contributed by atoms with van der Waals surface area (Å²) >= 11 is 0. The van der Waals surface area contributed by atoms with E-state index in [1.807, 2.05) is 6.92 Å². The first-order valence-electron chi connectivity index (χ1n) is 8.40. The van der Waals surface area contributed by atoms with Crippen LogP contribution in [0.1, 0.15) is 63.2 Å².